The maximum atomic E-state index is 12.2. The van der Waals surface area contributed by atoms with Crippen LogP contribution in [-0.4, -0.2) is 30.8 Å². The third kappa shape index (κ3) is 2.28. The fraction of sp³-hybridized carbons (Fsp3) is 0.417. The monoisotopic (exact) mass is 282 g/mol. The molecule has 4 heteroatoms. The van der Waals surface area contributed by atoms with Crippen molar-refractivity contribution in [1.29, 1.82) is 0 Å². The van der Waals surface area contributed by atoms with Gasteiger partial charge in [0.1, 0.15) is 0 Å². The van der Waals surface area contributed by atoms with Crippen LogP contribution in [0.15, 0.2) is 22.7 Å². The van der Waals surface area contributed by atoms with Crippen molar-refractivity contribution in [2.24, 2.45) is 5.92 Å². The van der Waals surface area contributed by atoms with Crippen LogP contribution < -0.4 is 5.73 Å². The van der Waals surface area contributed by atoms with E-state index in [1.165, 1.54) is 0 Å². The number of Topliss-reactive ketones (excluding diaryl/α,β-unsaturated/α-hetero) is 1. The van der Waals surface area contributed by atoms with Crippen molar-refractivity contribution in [3.05, 3.63) is 28.2 Å². The zero-order valence-electron chi connectivity index (χ0n) is 9.24. The second-order valence-electron chi connectivity index (χ2n) is 4.34. The first-order valence-electron chi connectivity index (χ1n) is 5.35. The van der Waals surface area contributed by atoms with Crippen molar-refractivity contribution in [3.8, 4) is 0 Å². The molecule has 0 bridgehead atoms. The minimum absolute atomic E-state index is 0.0987. The predicted molar refractivity (Wildman–Crippen MR) is 68.5 cm³/mol. The molecular weight excluding hydrogens is 268 g/mol. The Hall–Kier alpha value is -0.870. The molecule has 16 heavy (non-hydrogen) atoms. The highest BCUT2D eigenvalue weighted by molar-refractivity contribution is 9.10. The molecule has 3 nitrogen and oxygen atoms in total. The van der Waals surface area contributed by atoms with Crippen LogP contribution in [0.2, 0.25) is 0 Å². The Kier molecular flexibility index (Phi) is 3.30. The van der Waals surface area contributed by atoms with E-state index in [2.05, 4.69) is 20.8 Å². The molecule has 0 aliphatic carbocycles. The molecule has 1 fully saturated rings. The number of rotatable bonds is 2. The number of nitrogens with two attached hydrogens (primary N) is 1. The lowest BCUT2D eigenvalue weighted by Gasteiger charge is -2.11. The van der Waals surface area contributed by atoms with Gasteiger partial charge in [0, 0.05) is 28.2 Å². The van der Waals surface area contributed by atoms with Gasteiger partial charge in [0.15, 0.2) is 5.78 Å². The summed E-state index contributed by atoms with van der Waals surface area (Å²) in [6.45, 7) is 1.83. The molecule has 1 aromatic rings. The lowest BCUT2D eigenvalue weighted by Crippen LogP contribution is -2.20. The number of carbonyl (C=O) groups is 1. The SMILES string of the molecule is CN1CCC(C(=O)c2cc(Br)ccc2N)C1. The summed E-state index contributed by atoms with van der Waals surface area (Å²) in [4.78, 5) is 14.4. The molecule has 2 N–H and O–H groups in total. The van der Waals surface area contributed by atoms with Crippen LogP contribution in [-0.2, 0) is 0 Å². The van der Waals surface area contributed by atoms with E-state index in [1.54, 1.807) is 6.07 Å². The Bertz CT molecular complexity index is 419. The minimum Gasteiger partial charge on any atom is -0.398 e. The van der Waals surface area contributed by atoms with Crippen LogP contribution in [0.5, 0.6) is 0 Å². The molecule has 1 unspecified atom stereocenters. The summed E-state index contributed by atoms with van der Waals surface area (Å²) >= 11 is 3.37. The van der Waals surface area contributed by atoms with Crippen molar-refractivity contribution < 1.29 is 4.79 Å². The van der Waals surface area contributed by atoms with Gasteiger partial charge in [-0.15, -0.1) is 0 Å². The number of halogens is 1. The molecule has 1 aliphatic heterocycles. The number of nitrogen functional groups attached to an aromatic ring is 1. The first kappa shape index (κ1) is 11.6. The van der Waals surface area contributed by atoms with Gasteiger partial charge in [0.05, 0.1) is 0 Å². The van der Waals surface area contributed by atoms with E-state index in [4.69, 9.17) is 5.73 Å². The van der Waals surface area contributed by atoms with Gasteiger partial charge in [-0.3, -0.25) is 4.79 Å². The Morgan fingerprint density at radius 3 is 2.94 bits per heavy atom. The molecule has 0 aromatic heterocycles. The molecule has 0 amide bonds. The molecule has 1 heterocycles. The number of carbonyl (C=O) groups excluding carboxylic acids is 1. The van der Waals surface area contributed by atoms with Gasteiger partial charge in [0.2, 0.25) is 0 Å². The predicted octanol–water partition coefficient (Wildman–Crippen LogP) is 2.17. The fourth-order valence-corrected chi connectivity index (χ4v) is 2.47. The Morgan fingerprint density at radius 2 is 2.31 bits per heavy atom. The molecule has 0 radical (unpaired) electrons. The van der Waals surface area contributed by atoms with Crippen LogP contribution in [0, 0.1) is 5.92 Å². The summed E-state index contributed by atoms with van der Waals surface area (Å²) in [5.74, 6) is 0.268. The summed E-state index contributed by atoms with van der Waals surface area (Å²) in [6, 6.07) is 5.44. The maximum absolute atomic E-state index is 12.2. The summed E-state index contributed by atoms with van der Waals surface area (Å²) in [7, 11) is 2.04. The minimum atomic E-state index is 0.0987. The van der Waals surface area contributed by atoms with E-state index >= 15 is 0 Å². The number of hydrogen-bond acceptors (Lipinski definition) is 3. The summed E-state index contributed by atoms with van der Waals surface area (Å²) < 4.78 is 0.899. The number of anilines is 1. The molecule has 1 aromatic carbocycles. The summed E-state index contributed by atoms with van der Waals surface area (Å²) in [6.07, 6.45) is 0.932. The molecule has 1 saturated heterocycles. The molecule has 1 atom stereocenters. The lowest BCUT2D eigenvalue weighted by atomic mass is 9.96. The average Bonchev–Trinajstić information content (AvgIpc) is 2.67. The number of nitrogens with zero attached hydrogens (tertiary/aromatic N) is 1. The van der Waals surface area contributed by atoms with Gasteiger partial charge in [0.25, 0.3) is 0 Å². The van der Waals surface area contributed by atoms with Crippen molar-refractivity contribution in [3.63, 3.8) is 0 Å². The van der Waals surface area contributed by atoms with Gasteiger partial charge < -0.3 is 10.6 Å². The highest BCUT2D eigenvalue weighted by Crippen LogP contribution is 2.25. The smallest absolute Gasteiger partial charge is 0.169 e. The van der Waals surface area contributed by atoms with Gasteiger partial charge in [-0.05, 0) is 38.2 Å². The highest BCUT2D eigenvalue weighted by Gasteiger charge is 2.27. The molecule has 0 saturated carbocycles. The van der Waals surface area contributed by atoms with Crippen LogP contribution in [0.1, 0.15) is 16.8 Å². The average molecular weight is 283 g/mol. The van der Waals surface area contributed by atoms with Crippen LogP contribution in [0.4, 0.5) is 5.69 Å². The van der Waals surface area contributed by atoms with Gasteiger partial charge in [-0.1, -0.05) is 15.9 Å². The van der Waals surface area contributed by atoms with Crippen LogP contribution in [0.3, 0.4) is 0 Å². The number of hydrogen-bond donors (Lipinski definition) is 1. The Morgan fingerprint density at radius 1 is 1.56 bits per heavy atom. The topological polar surface area (TPSA) is 46.3 Å². The quantitative estimate of drug-likeness (QED) is 0.668. The van der Waals surface area contributed by atoms with Gasteiger partial charge in [-0.25, -0.2) is 0 Å². The fourth-order valence-electron chi connectivity index (χ4n) is 2.11. The van der Waals surface area contributed by atoms with E-state index in [9.17, 15) is 4.79 Å². The second kappa shape index (κ2) is 4.55. The molecule has 2 rings (SSSR count). The second-order valence-corrected chi connectivity index (χ2v) is 5.26. The van der Waals surface area contributed by atoms with E-state index in [1.807, 2.05) is 19.2 Å². The van der Waals surface area contributed by atoms with Crippen molar-refractivity contribution in [2.45, 2.75) is 6.42 Å². The third-order valence-corrected chi connectivity index (χ3v) is 3.54. The number of ketones is 1. The maximum Gasteiger partial charge on any atom is 0.169 e. The van der Waals surface area contributed by atoms with Gasteiger partial charge in [-0.2, -0.15) is 0 Å². The normalized spacial score (nSPS) is 21.2. The number of likely N-dealkylation sites (tertiary alicyclic amines) is 1. The summed E-state index contributed by atoms with van der Waals surface area (Å²) in [5.41, 5.74) is 7.06. The van der Waals surface area contributed by atoms with Crippen LogP contribution >= 0.6 is 15.9 Å². The van der Waals surface area contributed by atoms with Crippen molar-refractivity contribution >= 4 is 27.4 Å². The zero-order valence-corrected chi connectivity index (χ0v) is 10.8. The molecular formula is C12H15BrN2O. The van der Waals surface area contributed by atoms with E-state index < -0.39 is 0 Å². The lowest BCUT2D eigenvalue weighted by molar-refractivity contribution is 0.0925. The molecule has 1 aliphatic rings. The van der Waals surface area contributed by atoms with Gasteiger partial charge >= 0.3 is 0 Å². The van der Waals surface area contributed by atoms with E-state index in [0.29, 0.717) is 11.3 Å². The largest absolute Gasteiger partial charge is 0.398 e. The highest BCUT2D eigenvalue weighted by atomic mass is 79.9. The first-order chi connectivity index (χ1) is 7.58. The van der Waals surface area contributed by atoms with Crippen molar-refractivity contribution in [1.82, 2.24) is 4.90 Å². The number of benzene rings is 1. The standard InChI is InChI=1S/C12H15BrN2O/c1-15-5-4-8(7-15)12(16)10-6-9(13)2-3-11(10)14/h2-3,6,8H,4-5,7,14H2,1H3. The Labute approximate surface area is 104 Å². The summed E-state index contributed by atoms with van der Waals surface area (Å²) in [5, 5.41) is 0. The van der Waals surface area contributed by atoms with E-state index in [0.717, 1.165) is 24.0 Å². The van der Waals surface area contributed by atoms with Crippen molar-refractivity contribution in [2.75, 3.05) is 25.9 Å². The molecule has 86 valence electrons. The van der Waals surface area contributed by atoms with Crippen LogP contribution in [0.25, 0.3) is 0 Å². The molecule has 0 spiro atoms. The Balaban J connectivity index is 2.23. The van der Waals surface area contributed by atoms with E-state index in [-0.39, 0.29) is 11.7 Å². The third-order valence-electron chi connectivity index (χ3n) is 3.04. The first-order valence-corrected chi connectivity index (χ1v) is 6.15. The zero-order chi connectivity index (χ0) is 11.7.